The van der Waals surface area contributed by atoms with E-state index in [4.69, 9.17) is 10.8 Å². The fraction of sp³-hybridized carbons (Fsp3) is 0.478. The second-order valence-electron chi connectivity index (χ2n) is 8.66. The van der Waals surface area contributed by atoms with Gasteiger partial charge in [0, 0.05) is 19.4 Å². The van der Waals surface area contributed by atoms with Crippen molar-refractivity contribution in [2.75, 3.05) is 6.54 Å². The van der Waals surface area contributed by atoms with Crippen LogP contribution in [0.2, 0.25) is 0 Å². The molecule has 0 saturated carbocycles. The Labute approximate surface area is 211 Å². The molecule has 0 aromatic heterocycles. The lowest BCUT2D eigenvalue weighted by molar-refractivity contribution is -0.150. The fourth-order valence-electron chi connectivity index (χ4n) is 3.90. The fourth-order valence-corrected chi connectivity index (χ4v) is 3.90. The van der Waals surface area contributed by atoms with E-state index in [9.17, 15) is 44.1 Å². The number of rotatable bonds is 13. The van der Waals surface area contributed by atoms with Gasteiger partial charge in [0.2, 0.25) is 17.7 Å². The molecule has 1 aromatic carbocycles. The van der Waals surface area contributed by atoms with E-state index in [0.717, 1.165) is 4.90 Å². The van der Waals surface area contributed by atoms with Crippen LogP contribution in [0.5, 0.6) is 5.75 Å². The first kappa shape index (κ1) is 29.0. The first-order valence-electron chi connectivity index (χ1n) is 11.5. The standard InChI is InChI=1S/C23H30N4O10/c24-14(7-8-18(29)30)20(33)25-15(10-12-3-5-13(28)6-4-12)21(34)26-16(11-19(31)32)22(35)27-9-1-2-17(27)23(36)37/h3-6,14-17,28H,1-2,7-11,24H2,(H,25,33)(H,26,34)(H,29,30)(H,31,32)(H,36,37). The minimum absolute atomic E-state index is 0.0461. The highest BCUT2D eigenvalue weighted by molar-refractivity contribution is 5.96. The molecule has 14 heteroatoms. The zero-order valence-electron chi connectivity index (χ0n) is 19.8. The number of carboxylic acids is 3. The van der Waals surface area contributed by atoms with Gasteiger partial charge in [-0.15, -0.1) is 0 Å². The molecule has 0 spiro atoms. The Hall–Kier alpha value is -4.20. The maximum absolute atomic E-state index is 13.2. The van der Waals surface area contributed by atoms with Crippen LogP contribution in [-0.4, -0.2) is 91.7 Å². The normalized spacial score (nSPS) is 17.3. The van der Waals surface area contributed by atoms with Crippen molar-refractivity contribution in [3.05, 3.63) is 29.8 Å². The lowest BCUT2D eigenvalue weighted by Gasteiger charge is -2.28. The Morgan fingerprint density at radius 1 is 0.946 bits per heavy atom. The van der Waals surface area contributed by atoms with Crippen molar-refractivity contribution < 1.29 is 49.2 Å². The summed E-state index contributed by atoms with van der Waals surface area (Å²) in [4.78, 5) is 73.4. The molecule has 202 valence electrons. The number of nitrogens with one attached hydrogen (secondary N) is 2. The van der Waals surface area contributed by atoms with Crippen LogP contribution in [0.4, 0.5) is 0 Å². The monoisotopic (exact) mass is 522 g/mol. The quantitative estimate of drug-likeness (QED) is 0.160. The van der Waals surface area contributed by atoms with Gasteiger partial charge in [-0.3, -0.25) is 24.0 Å². The molecule has 8 N–H and O–H groups in total. The maximum atomic E-state index is 13.2. The van der Waals surface area contributed by atoms with Gasteiger partial charge in [0.15, 0.2) is 0 Å². The van der Waals surface area contributed by atoms with Gasteiger partial charge in [-0.2, -0.15) is 0 Å². The number of hydrogen-bond donors (Lipinski definition) is 7. The molecule has 1 aromatic rings. The van der Waals surface area contributed by atoms with Crippen molar-refractivity contribution >= 4 is 35.6 Å². The summed E-state index contributed by atoms with van der Waals surface area (Å²) in [6, 6.07) is 0.281. The number of benzene rings is 1. The second kappa shape index (κ2) is 13.2. The summed E-state index contributed by atoms with van der Waals surface area (Å²) in [5, 5.41) is 41.7. The SMILES string of the molecule is NC(CCC(=O)O)C(=O)NC(Cc1ccc(O)cc1)C(=O)NC(CC(=O)O)C(=O)N1CCCC1C(=O)O. The third-order valence-corrected chi connectivity index (χ3v) is 5.83. The minimum atomic E-state index is -1.61. The predicted molar refractivity (Wildman–Crippen MR) is 125 cm³/mol. The second-order valence-corrected chi connectivity index (χ2v) is 8.66. The summed E-state index contributed by atoms with van der Waals surface area (Å²) in [7, 11) is 0. The number of phenolic OH excluding ortho intramolecular Hbond substituents is 1. The van der Waals surface area contributed by atoms with Crippen molar-refractivity contribution in [1.82, 2.24) is 15.5 Å². The molecule has 1 heterocycles. The van der Waals surface area contributed by atoms with Crippen molar-refractivity contribution in [3.63, 3.8) is 0 Å². The van der Waals surface area contributed by atoms with Crippen molar-refractivity contribution in [3.8, 4) is 5.75 Å². The van der Waals surface area contributed by atoms with Gasteiger partial charge in [-0.1, -0.05) is 12.1 Å². The summed E-state index contributed by atoms with van der Waals surface area (Å²) in [6.45, 7) is 0.0773. The summed E-state index contributed by atoms with van der Waals surface area (Å²) in [5.41, 5.74) is 6.22. The largest absolute Gasteiger partial charge is 0.508 e. The third kappa shape index (κ3) is 8.75. The molecule has 0 radical (unpaired) electrons. The van der Waals surface area contributed by atoms with Crippen molar-refractivity contribution in [1.29, 1.82) is 0 Å². The first-order valence-corrected chi connectivity index (χ1v) is 11.5. The van der Waals surface area contributed by atoms with Gasteiger partial charge in [0.25, 0.3) is 0 Å². The topological polar surface area (TPSA) is 237 Å². The Morgan fingerprint density at radius 2 is 1.57 bits per heavy atom. The summed E-state index contributed by atoms with van der Waals surface area (Å²) < 4.78 is 0. The number of carboxylic acid groups (broad SMARTS) is 3. The number of aliphatic carboxylic acids is 3. The van der Waals surface area contributed by atoms with Crippen LogP contribution in [0, 0.1) is 0 Å². The van der Waals surface area contributed by atoms with Crippen LogP contribution < -0.4 is 16.4 Å². The van der Waals surface area contributed by atoms with Crippen molar-refractivity contribution in [2.24, 2.45) is 5.73 Å². The van der Waals surface area contributed by atoms with E-state index in [0.29, 0.717) is 12.0 Å². The molecule has 1 fully saturated rings. The zero-order chi connectivity index (χ0) is 27.7. The van der Waals surface area contributed by atoms with Crippen LogP contribution in [0.1, 0.15) is 37.7 Å². The smallest absolute Gasteiger partial charge is 0.326 e. The van der Waals surface area contributed by atoms with Gasteiger partial charge < -0.3 is 41.7 Å². The highest BCUT2D eigenvalue weighted by Crippen LogP contribution is 2.19. The first-order chi connectivity index (χ1) is 17.4. The van der Waals surface area contributed by atoms with Crippen LogP contribution in [0.3, 0.4) is 0 Å². The molecule has 14 nitrogen and oxygen atoms in total. The van der Waals surface area contributed by atoms with Gasteiger partial charge in [-0.25, -0.2) is 4.79 Å². The Balaban J connectivity index is 2.24. The average Bonchev–Trinajstić information content (AvgIpc) is 3.32. The van der Waals surface area contributed by atoms with E-state index in [1.165, 1.54) is 24.3 Å². The highest BCUT2D eigenvalue weighted by atomic mass is 16.4. The third-order valence-electron chi connectivity index (χ3n) is 5.83. The van der Waals surface area contributed by atoms with E-state index in [1.807, 2.05) is 0 Å². The zero-order valence-corrected chi connectivity index (χ0v) is 19.8. The molecule has 37 heavy (non-hydrogen) atoms. The number of carbonyl (C=O) groups excluding carboxylic acids is 3. The molecule has 1 aliphatic rings. The number of nitrogens with zero attached hydrogens (tertiary/aromatic N) is 1. The number of likely N-dealkylation sites (tertiary alicyclic amines) is 1. The van der Waals surface area contributed by atoms with Crippen LogP contribution >= 0.6 is 0 Å². The van der Waals surface area contributed by atoms with Crippen LogP contribution in [0.25, 0.3) is 0 Å². The molecule has 4 atom stereocenters. The molecule has 1 aliphatic heterocycles. The summed E-state index contributed by atoms with van der Waals surface area (Å²) >= 11 is 0. The molecular weight excluding hydrogens is 492 g/mol. The van der Waals surface area contributed by atoms with Gasteiger partial charge in [0.05, 0.1) is 12.5 Å². The Kier molecular flexibility index (Phi) is 10.4. The number of phenols is 1. The Morgan fingerprint density at radius 3 is 2.14 bits per heavy atom. The van der Waals surface area contributed by atoms with E-state index < -0.39 is 66.2 Å². The molecule has 2 rings (SSSR count). The van der Waals surface area contributed by atoms with E-state index >= 15 is 0 Å². The summed E-state index contributed by atoms with van der Waals surface area (Å²) in [6.07, 6.45) is -0.989. The Bertz CT molecular complexity index is 1030. The molecule has 4 unspecified atom stereocenters. The molecule has 3 amide bonds. The number of nitrogens with two attached hydrogens (primary N) is 1. The lowest BCUT2D eigenvalue weighted by atomic mass is 10.0. The highest BCUT2D eigenvalue weighted by Gasteiger charge is 2.39. The molecule has 1 saturated heterocycles. The number of aromatic hydroxyl groups is 1. The minimum Gasteiger partial charge on any atom is -0.508 e. The van der Waals surface area contributed by atoms with E-state index in [-0.39, 0.29) is 38.0 Å². The van der Waals surface area contributed by atoms with Gasteiger partial charge in [0.1, 0.15) is 23.9 Å². The maximum Gasteiger partial charge on any atom is 0.326 e. The number of amides is 3. The van der Waals surface area contributed by atoms with Gasteiger partial charge in [-0.05, 0) is 37.0 Å². The van der Waals surface area contributed by atoms with E-state index in [1.54, 1.807) is 0 Å². The average molecular weight is 523 g/mol. The summed E-state index contributed by atoms with van der Waals surface area (Å²) in [5.74, 6) is -6.54. The molecule has 0 aliphatic carbocycles. The van der Waals surface area contributed by atoms with Crippen LogP contribution in [-0.2, 0) is 35.2 Å². The lowest BCUT2D eigenvalue weighted by Crippen LogP contribution is -2.58. The van der Waals surface area contributed by atoms with E-state index in [2.05, 4.69) is 10.6 Å². The number of hydrogen-bond acceptors (Lipinski definition) is 8. The van der Waals surface area contributed by atoms with Gasteiger partial charge >= 0.3 is 17.9 Å². The number of carbonyl (C=O) groups is 6. The molecular formula is C23H30N4O10. The van der Waals surface area contributed by atoms with Crippen molar-refractivity contribution in [2.45, 2.75) is 62.7 Å². The predicted octanol–water partition coefficient (Wildman–Crippen LogP) is -1.35. The van der Waals surface area contributed by atoms with Crippen LogP contribution in [0.15, 0.2) is 24.3 Å². The molecule has 0 bridgehead atoms.